The number of hydrogen-bond donors (Lipinski definition) is 0. The van der Waals surface area contributed by atoms with Crippen LogP contribution in [0.4, 0.5) is 0 Å². The molecule has 3 rings (SSSR count). The van der Waals surface area contributed by atoms with E-state index in [9.17, 15) is 8.42 Å². The molecular weight excluding hydrogens is 268 g/mol. The maximum absolute atomic E-state index is 11.6. The molecular formula is C14H23ClO2S. The molecule has 2 aliphatic carbocycles. The molecule has 4 heteroatoms. The van der Waals surface area contributed by atoms with Gasteiger partial charge >= 0.3 is 0 Å². The lowest BCUT2D eigenvalue weighted by Crippen LogP contribution is -2.23. The fourth-order valence-electron chi connectivity index (χ4n) is 4.63. The van der Waals surface area contributed by atoms with Gasteiger partial charge in [0.1, 0.15) is 0 Å². The molecule has 1 saturated heterocycles. The Bertz CT molecular complexity index is 406. The van der Waals surface area contributed by atoms with E-state index in [1.165, 1.54) is 32.1 Å². The number of hydrogen-bond acceptors (Lipinski definition) is 2. The van der Waals surface area contributed by atoms with Crippen molar-refractivity contribution in [1.29, 1.82) is 0 Å². The molecule has 3 aliphatic rings. The van der Waals surface area contributed by atoms with E-state index in [1.807, 2.05) is 0 Å². The zero-order chi connectivity index (χ0) is 12.8. The van der Waals surface area contributed by atoms with Gasteiger partial charge in [-0.2, -0.15) is 0 Å². The molecule has 2 saturated carbocycles. The first-order valence-electron chi connectivity index (χ1n) is 7.34. The summed E-state index contributed by atoms with van der Waals surface area (Å²) in [5.74, 6) is 4.96. The first-order valence-corrected chi connectivity index (χ1v) is 9.69. The van der Waals surface area contributed by atoms with Crippen molar-refractivity contribution in [1.82, 2.24) is 0 Å². The molecule has 104 valence electrons. The molecule has 0 radical (unpaired) electrons. The van der Waals surface area contributed by atoms with Crippen LogP contribution >= 0.6 is 11.6 Å². The van der Waals surface area contributed by atoms with Crippen molar-refractivity contribution in [3.63, 3.8) is 0 Å². The van der Waals surface area contributed by atoms with Crippen LogP contribution in [0, 0.1) is 29.6 Å². The second-order valence-corrected chi connectivity index (χ2v) is 9.29. The molecule has 5 unspecified atom stereocenters. The van der Waals surface area contributed by atoms with Crippen LogP contribution in [-0.2, 0) is 9.84 Å². The van der Waals surface area contributed by atoms with Crippen molar-refractivity contribution in [3.8, 4) is 0 Å². The minimum Gasteiger partial charge on any atom is -0.229 e. The molecule has 0 aromatic heterocycles. The Morgan fingerprint density at radius 1 is 1.17 bits per heavy atom. The van der Waals surface area contributed by atoms with E-state index in [1.54, 1.807) is 0 Å². The average molecular weight is 291 g/mol. The van der Waals surface area contributed by atoms with Crippen molar-refractivity contribution in [2.75, 3.05) is 17.4 Å². The Kier molecular flexibility index (Phi) is 3.66. The van der Waals surface area contributed by atoms with Gasteiger partial charge < -0.3 is 0 Å². The summed E-state index contributed by atoms with van der Waals surface area (Å²) in [6.07, 6.45) is 7.70. The van der Waals surface area contributed by atoms with Crippen molar-refractivity contribution in [3.05, 3.63) is 0 Å². The van der Waals surface area contributed by atoms with Crippen LogP contribution in [0.25, 0.3) is 0 Å². The molecule has 0 aromatic rings. The maximum Gasteiger partial charge on any atom is 0.150 e. The molecule has 2 nitrogen and oxygen atoms in total. The Balaban J connectivity index is 1.60. The summed E-state index contributed by atoms with van der Waals surface area (Å²) >= 11 is 6.13. The van der Waals surface area contributed by atoms with Crippen molar-refractivity contribution in [2.45, 2.75) is 38.5 Å². The minimum atomic E-state index is -2.75. The fraction of sp³-hybridized carbons (Fsp3) is 1.00. The van der Waals surface area contributed by atoms with Gasteiger partial charge in [-0.15, -0.1) is 11.6 Å². The summed E-state index contributed by atoms with van der Waals surface area (Å²) in [4.78, 5) is 0. The molecule has 18 heavy (non-hydrogen) atoms. The van der Waals surface area contributed by atoms with E-state index < -0.39 is 9.84 Å². The molecule has 0 amide bonds. The molecule has 0 N–H and O–H groups in total. The van der Waals surface area contributed by atoms with E-state index in [0.717, 1.165) is 24.2 Å². The lowest BCUT2D eigenvalue weighted by atomic mass is 9.78. The number of rotatable bonds is 4. The highest BCUT2D eigenvalue weighted by Gasteiger charge is 2.42. The molecule has 1 aliphatic heterocycles. The number of alkyl halides is 1. The predicted molar refractivity (Wildman–Crippen MR) is 74.5 cm³/mol. The van der Waals surface area contributed by atoms with Gasteiger partial charge in [0, 0.05) is 5.88 Å². The Hall–Kier alpha value is 0.240. The highest BCUT2D eigenvalue weighted by Crippen LogP contribution is 2.51. The largest absolute Gasteiger partial charge is 0.229 e. The van der Waals surface area contributed by atoms with Gasteiger partial charge in [0.2, 0.25) is 0 Å². The van der Waals surface area contributed by atoms with Crippen LogP contribution in [0.5, 0.6) is 0 Å². The standard InChI is InChI=1S/C14H23ClO2S/c15-8-14(12-3-4-18(16,17)9-12)7-13-6-10-1-2-11(13)5-10/h10-14H,1-9H2. The summed E-state index contributed by atoms with van der Waals surface area (Å²) in [7, 11) is -2.75. The van der Waals surface area contributed by atoms with Crippen molar-refractivity contribution < 1.29 is 8.42 Å². The zero-order valence-electron chi connectivity index (χ0n) is 10.9. The average Bonchev–Trinajstić information content (AvgIpc) is 3.00. The van der Waals surface area contributed by atoms with Gasteiger partial charge in [0.05, 0.1) is 11.5 Å². The van der Waals surface area contributed by atoms with Crippen molar-refractivity contribution in [2.24, 2.45) is 29.6 Å². The summed E-state index contributed by atoms with van der Waals surface area (Å²) < 4.78 is 23.2. The number of halogens is 1. The molecule has 0 spiro atoms. The molecule has 0 aromatic carbocycles. The second-order valence-electron chi connectivity index (χ2n) is 6.75. The summed E-state index contributed by atoms with van der Waals surface area (Å²) in [6.45, 7) is 0. The van der Waals surface area contributed by atoms with Gasteiger partial charge in [-0.05, 0) is 61.7 Å². The van der Waals surface area contributed by atoms with E-state index >= 15 is 0 Å². The molecule has 1 heterocycles. The quantitative estimate of drug-likeness (QED) is 0.746. The minimum absolute atomic E-state index is 0.339. The highest BCUT2D eigenvalue weighted by atomic mass is 35.5. The molecule has 3 fully saturated rings. The Labute approximate surface area is 115 Å². The highest BCUT2D eigenvalue weighted by molar-refractivity contribution is 7.91. The third kappa shape index (κ3) is 2.58. The van der Waals surface area contributed by atoms with Crippen LogP contribution in [0.2, 0.25) is 0 Å². The van der Waals surface area contributed by atoms with Gasteiger partial charge in [-0.1, -0.05) is 6.42 Å². The zero-order valence-corrected chi connectivity index (χ0v) is 12.4. The molecule has 2 bridgehead atoms. The third-order valence-corrected chi connectivity index (χ3v) is 7.81. The van der Waals surface area contributed by atoms with E-state index in [4.69, 9.17) is 11.6 Å². The normalized spacial score (nSPS) is 43.4. The van der Waals surface area contributed by atoms with E-state index in [-0.39, 0.29) is 0 Å². The first-order chi connectivity index (χ1) is 8.57. The van der Waals surface area contributed by atoms with Crippen LogP contribution in [0.1, 0.15) is 38.5 Å². The topological polar surface area (TPSA) is 34.1 Å². The Morgan fingerprint density at radius 2 is 2.00 bits per heavy atom. The number of fused-ring (bicyclic) bond motifs is 2. The van der Waals surface area contributed by atoms with Gasteiger partial charge in [-0.25, -0.2) is 8.42 Å². The lowest BCUT2D eigenvalue weighted by molar-refractivity contribution is 0.241. The monoisotopic (exact) mass is 290 g/mol. The van der Waals surface area contributed by atoms with Crippen LogP contribution in [0.15, 0.2) is 0 Å². The van der Waals surface area contributed by atoms with Gasteiger partial charge in [0.25, 0.3) is 0 Å². The van der Waals surface area contributed by atoms with Crippen LogP contribution < -0.4 is 0 Å². The lowest BCUT2D eigenvalue weighted by Gasteiger charge is -2.28. The number of sulfone groups is 1. The second kappa shape index (κ2) is 4.97. The maximum atomic E-state index is 11.6. The van der Waals surface area contributed by atoms with Crippen LogP contribution in [0.3, 0.4) is 0 Å². The smallest absolute Gasteiger partial charge is 0.150 e. The summed E-state index contributed by atoms with van der Waals surface area (Å²) in [6, 6.07) is 0. The van der Waals surface area contributed by atoms with Gasteiger partial charge in [0.15, 0.2) is 9.84 Å². The van der Waals surface area contributed by atoms with Crippen LogP contribution in [-0.4, -0.2) is 25.8 Å². The van der Waals surface area contributed by atoms with Gasteiger partial charge in [-0.3, -0.25) is 0 Å². The van der Waals surface area contributed by atoms with Crippen molar-refractivity contribution >= 4 is 21.4 Å². The summed E-state index contributed by atoms with van der Waals surface area (Å²) in [5, 5.41) is 0. The predicted octanol–water partition coefficient (Wildman–Crippen LogP) is 3.10. The molecule has 5 atom stereocenters. The third-order valence-electron chi connectivity index (χ3n) is 5.62. The van der Waals surface area contributed by atoms with E-state index in [2.05, 4.69) is 0 Å². The fourth-order valence-corrected chi connectivity index (χ4v) is 6.93. The first kappa shape index (κ1) is 13.2. The summed E-state index contributed by atoms with van der Waals surface area (Å²) in [5.41, 5.74) is 0. The van der Waals surface area contributed by atoms with E-state index in [0.29, 0.717) is 29.2 Å². The Morgan fingerprint density at radius 3 is 2.50 bits per heavy atom. The SMILES string of the molecule is O=S1(=O)CCC(C(CCl)CC2CC3CCC2C3)C1.